The second kappa shape index (κ2) is 7.24. The number of rotatable bonds is 5. The van der Waals surface area contributed by atoms with E-state index in [1.807, 2.05) is 13.0 Å². The quantitative estimate of drug-likeness (QED) is 0.703. The van der Waals surface area contributed by atoms with Gasteiger partial charge in [0.15, 0.2) is 0 Å². The van der Waals surface area contributed by atoms with Crippen molar-refractivity contribution in [3.63, 3.8) is 0 Å². The smallest absolute Gasteiger partial charge is 0.264 e. The topological polar surface area (TPSA) is 101 Å². The minimum atomic E-state index is -3.86. The Hall–Kier alpha value is -3.13. The molecule has 1 heterocycles. The van der Waals surface area contributed by atoms with E-state index in [2.05, 4.69) is 14.9 Å². The van der Waals surface area contributed by atoms with E-state index in [4.69, 9.17) is 4.74 Å². The predicted octanol–water partition coefficient (Wildman–Crippen LogP) is 2.86. The van der Waals surface area contributed by atoms with Gasteiger partial charge in [-0.1, -0.05) is 18.2 Å². The lowest BCUT2D eigenvalue weighted by atomic mass is 10.1. The monoisotopic (exact) mass is 385 g/mol. The van der Waals surface area contributed by atoms with Crippen LogP contribution in [-0.2, 0) is 10.0 Å². The Morgan fingerprint density at radius 3 is 2.48 bits per heavy atom. The second-order valence-electron chi connectivity index (χ2n) is 6.10. The first-order chi connectivity index (χ1) is 12.8. The molecule has 0 aliphatic heterocycles. The number of aromatic amines is 1. The van der Waals surface area contributed by atoms with Crippen LogP contribution in [0.5, 0.6) is 5.75 Å². The van der Waals surface area contributed by atoms with Gasteiger partial charge in [0.05, 0.1) is 23.4 Å². The normalized spacial score (nSPS) is 11.2. The summed E-state index contributed by atoms with van der Waals surface area (Å²) in [5.41, 5.74) is 2.57. The Balaban J connectivity index is 2.04. The lowest BCUT2D eigenvalue weighted by Gasteiger charge is -2.14. The standard InChI is InChI=1S/C19H19N3O4S/c1-12-4-8-17(26-3)16(10-12)22-27(24,25)18-11-14(6-5-13(18)2)15-7-9-19(23)21-20-15/h4-11,22H,1-3H3,(H,21,23). The zero-order valence-electron chi connectivity index (χ0n) is 15.1. The number of nitrogens with one attached hydrogen (secondary N) is 2. The van der Waals surface area contributed by atoms with Crippen molar-refractivity contribution < 1.29 is 13.2 Å². The molecular formula is C19H19N3O4S. The van der Waals surface area contributed by atoms with Crippen molar-refractivity contribution in [2.45, 2.75) is 18.7 Å². The molecule has 2 aromatic carbocycles. The molecule has 0 spiro atoms. The van der Waals surface area contributed by atoms with Crippen LogP contribution in [-0.4, -0.2) is 25.7 Å². The molecule has 7 nitrogen and oxygen atoms in total. The van der Waals surface area contributed by atoms with E-state index >= 15 is 0 Å². The van der Waals surface area contributed by atoms with Crippen molar-refractivity contribution in [2.24, 2.45) is 0 Å². The molecule has 0 fully saturated rings. The third-order valence-corrected chi connectivity index (χ3v) is 5.56. The van der Waals surface area contributed by atoms with E-state index in [0.29, 0.717) is 28.3 Å². The molecule has 0 atom stereocenters. The number of methoxy groups -OCH3 is 1. The summed E-state index contributed by atoms with van der Waals surface area (Å²) in [7, 11) is -2.38. The predicted molar refractivity (Wildman–Crippen MR) is 104 cm³/mol. The summed E-state index contributed by atoms with van der Waals surface area (Å²) in [6.07, 6.45) is 0. The molecule has 1 aromatic heterocycles. The van der Waals surface area contributed by atoms with Crippen LogP contribution in [0.1, 0.15) is 11.1 Å². The van der Waals surface area contributed by atoms with Crippen LogP contribution in [0.25, 0.3) is 11.3 Å². The zero-order valence-corrected chi connectivity index (χ0v) is 15.9. The van der Waals surface area contributed by atoms with Gasteiger partial charge in [0.25, 0.3) is 15.6 Å². The van der Waals surface area contributed by atoms with Crippen molar-refractivity contribution in [3.05, 3.63) is 70.0 Å². The number of H-pyrrole nitrogens is 1. The number of nitrogens with zero attached hydrogens (tertiary/aromatic N) is 1. The summed E-state index contributed by atoms with van der Waals surface area (Å²) >= 11 is 0. The highest BCUT2D eigenvalue weighted by molar-refractivity contribution is 7.92. The fourth-order valence-corrected chi connectivity index (χ4v) is 3.99. The first-order valence-electron chi connectivity index (χ1n) is 8.14. The minimum Gasteiger partial charge on any atom is -0.495 e. The zero-order chi connectivity index (χ0) is 19.6. The van der Waals surface area contributed by atoms with Gasteiger partial charge in [-0.3, -0.25) is 9.52 Å². The average Bonchev–Trinajstić information content (AvgIpc) is 2.62. The third kappa shape index (κ3) is 4.01. The van der Waals surface area contributed by atoms with Crippen molar-refractivity contribution in [1.82, 2.24) is 10.2 Å². The van der Waals surface area contributed by atoms with Gasteiger partial charge in [-0.2, -0.15) is 5.10 Å². The van der Waals surface area contributed by atoms with Crippen LogP contribution in [0.3, 0.4) is 0 Å². The Morgan fingerprint density at radius 2 is 1.81 bits per heavy atom. The number of sulfonamides is 1. The maximum absolute atomic E-state index is 13.0. The van der Waals surface area contributed by atoms with Crippen LogP contribution in [0.2, 0.25) is 0 Å². The molecule has 8 heteroatoms. The first-order valence-corrected chi connectivity index (χ1v) is 9.63. The largest absolute Gasteiger partial charge is 0.495 e. The number of aromatic nitrogens is 2. The molecule has 3 rings (SSSR count). The van der Waals surface area contributed by atoms with E-state index in [1.165, 1.54) is 25.3 Å². The van der Waals surface area contributed by atoms with Crippen LogP contribution < -0.4 is 15.0 Å². The second-order valence-corrected chi connectivity index (χ2v) is 7.75. The highest BCUT2D eigenvalue weighted by Crippen LogP contribution is 2.30. The van der Waals surface area contributed by atoms with Gasteiger partial charge >= 0.3 is 0 Å². The van der Waals surface area contributed by atoms with Gasteiger partial charge < -0.3 is 4.74 Å². The van der Waals surface area contributed by atoms with Gasteiger partial charge in [-0.15, -0.1) is 0 Å². The molecule has 0 aliphatic carbocycles. The SMILES string of the molecule is COc1ccc(C)cc1NS(=O)(=O)c1cc(-c2ccc(=O)[nH]n2)ccc1C. The summed E-state index contributed by atoms with van der Waals surface area (Å²) in [5, 5.41) is 6.30. The van der Waals surface area contributed by atoms with Crippen LogP contribution >= 0.6 is 0 Å². The Kier molecular flexibility index (Phi) is 5.00. The van der Waals surface area contributed by atoms with Gasteiger partial charge in [-0.05, 0) is 49.2 Å². The van der Waals surface area contributed by atoms with Gasteiger partial charge in [-0.25, -0.2) is 13.5 Å². The first kappa shape index (κ1) is 18.7. The highest BCUT2D eigenvalue weighted by Gasteiger charge is 2.20. The maximum atomic E-state index is 13.0. The fourth-order valence-electron chi connectivity index (χ4n) is 2.66. The summed E-state index contributed by atoms with van der Waals surface area (Å²) < 4.78 is 33.8. The number of ether oxygens (including phenoxy) is 1. The molecule has 0 bridgehead atoms. The number of anilines is 1. The van der Waals surface area contributed by atoms with Gasteiger partial charge in [0, 0.05) is 11.6 Å². The molecular weight excluding hydrogens is 366 g/mol. The molecule has 0 unspecified atom stereocenters. The molecule has 0 saturated heterocycles. The van der Waals surface area contributed by atoms with Gasteiger partial charge in [0.2, 0.25) is 0 Å². The minimum absolute atomic E-state index is 0.122. The number of hydrogen-bond donors (Lipinski definition) is 2. The van der Waals surface area contributed by atoms with E-state index in [9.17, 15) is 13.2 Å². The molecule has 0 amide bonds. The van der Waals surface area contributed by atoms with Crippen LogP contribution in [0.4, 0.5) is 5.69 Å². The Morgan fingerprint density at radius 1 is 1.04 bits per heavy atom. The van der Waals surface area contributed by atoms with E-state index in [1.54, 1.807) is 31.2 Å². The molecule has 140 valence electrons. The lowest BCUT2D eigenvalue weighted by Crippen LogP contribution is -2.15. The van der Waals surface area contributed by atoms with Crippen LogP contribution in [0.15, 0.2) is 58.2 Å². The third-order valence-electron chi connectivity index (χ3n) is 4.05. The summed E-state index contributed by atoms with van der Waals surface area (Å²) in [4.78, 5) is 11.3. The fraction of sp³-hybridized carbons (Fsp3) is 0.158. The maximum Gasteiger partial charge on any atom is 0.264 e. The van der Waals surface area contributed by atoms with Gasteiger partial charge in [0.1, 0.15) is 5.75 Å². The van der Waals surface area contributed by atoms with Crippen LogP contribution in [0, 0.1) is 13.8 Å². The van der Waals surface area contributed by atoms with E-state index < -0.39 is 10.0 Å². The van der Waals surface area contributed by atoms with Crippen molar-refractivity contribution in [2.75, 3.05) is 11.8 Å². The number of hydrogen-bond acceptors (Lipinski definition) is 5. The average molecular weight is 385 g/mol. The molecule has 0 saturated carbocycles. The summed E-state index contributed by atoms with van der Waals surface area (Å²) in [6.45, 7) is 3.58. The Bertz CT molecular complexity index is 1130. The van der Waals surface area contributed by atoms with E-state index in [0.717, 1.165) is 5.56 Å². The summed E-state index contributed by atoms with van der Waals surface area (Å²) in [6, 6.07) is 13.1. The molecule has 3 aromatic rings. The lowest BCUT2D eigenvalue weighted by molar-refractivity contribution is 0.417. The Labute approximate surface area is 157 Å². The number of benzene rings is 2. The summed E-state index contributed by atoms with van der Waals surface area (Å²) in [5.74, 6) is 0.431. The van der Waals surface area contributed by atoms with Crippen molar-refractivity contribution in [1.29, 1.82) is 0 Å². The number of aryl methyl sites for hydroxylation is 2. The molecule has 0 radical (unpaired) electrons. The van der Waals surface area contributed by atoms with Crippen molar-refractivity contribution >= 4 is 15.7 Å². The molecule has 0 aliphatic rings. The molecule has 27 heavy (non-hydrogen) atoms. The molecule has 2 N–H and O–H groups in total. The van der Waals surface area contributed by atoms with Crippen molar-refractivity contribution in [3.8, 4) is 17.0 Å². The highest BCUT2D eigenvalue weighted by atomic mass is 32.2. The van der Waals surface area contributed by atoms with E-state index in [-0.39, 0.29) is 10.5 Å².